The topological polar surface area (TPSA) is 136 Å². The molecular weight excluding hydrogens is 204 g/mol. The summed E-state index contributed by atoms with van der Waals surface area (Å²) in [6.45, 7) is 2.60. The minimum atomic E-state index is -0.794. The van der Waals surface area contributed by atoms with Gasteiger partial charge in [0.05, 0.1) is 13.2 Å². The lowest BCUT2D eigenvalue weighted by Gasteiger charge is -2.06. The van der Waals surface area contributed by atoms with Crippen molar-refractivity contribution in [3.8, 4) is 0 Å². The standard InChI is InChI=1S/C6H12N2O3.C2H6O2/c1-3(7)5(9)11-6(10)4(2)8;3-1-2-4/h3-4H,7-8H2,1-2H3;3-4H,1-2H2. The van der Waals surface area contributed by atoms with Crippen molar-refractivity contribution in [1.82, 2.24) is 0 Å². The van der Waals surface area contributed by atoms with E-state index in [1.54, 1.807) is 0 Å². The first-order chi connectivity index (χ1) is 6.86. The van der Waals surface area contributed by atoms with Gasteiger partial charge in [-0.1, -0.05) is 0 Å². The minimum Gasteiger partial charge on any atom is -0.394 e. The smallest absolute Gasteiger partial charge is 0.330 e. The van der Waals surface area contributed by atoms with Crippen LogP contribution >= 0.6 is 0 Å². The second-order valence-corrected chi connectivity index (χ2v) is 2.76. The largest absolute Gasteiger partial charge is 0.394 e. The van der Waals surface area contributed by atoms with Crippen LogP contribution in [0.2, 0.25) is 0 Å². The lowest BCUT2D eigenvalue weighted by Crippen LogP contribution is -2.36. The molecule has 0 rings (SSSR count). The van der Waals surface area contributed by atoms with Gasteiger partial charge in [0, 0.05) is 0 Å². The Morgan fingerprint density at radius 2 is 1.33 bits per heavy atom. The average Bonchev–Trinajstić information content (AvgIpc) is 2.17. The Hall–Kier alpha value is -1.02. The summed E-state index contributed by atoms with van der Waals surface area (Å²) in [7, 11) is 0. The van der Waals surface area contributed by atoms with E-state index >= 15 is 0 Å². The molecule has 0 spiro atoms. The predicted octanol–water partition coefficient (Wildman–Crippen LogP) is -2.28. The van der Waals surface area contributed by atoms with Crippen molar-refractivity contribution < 1.29 is 24.5 Å². The maximum absolute atomic E-state index is 10.6. The van der Waals surface area contributed by atoms with Crippen molar-refractivity contribution in [3.05, 3.63) is 0 Å². The van der Waals surface area contributed by atoms with Crippen LogP contribution in [0.25, 0.3) is 0 Å². The molecule has 0 aliphatic rings. The van der Waals surface area contributed by atoms with Crippen LogP contribution in [0.3, 0.4) is 0 Å². The minimum absolute atomic E-state index is 0.125. The number of rotatable bonds is 3. The first kappa shape index (κ1) is 16.4. The molecule has 2 atom stereocenters. The second kappa shape index (κ2) is 9.53. The van der Waals surface area contributed by atoms with E-state index in [0.29, 0.717) is 0 Å². The van der Waals surface area contributed by atoms with Crippen LogP contribution in [0.15, 0.2) is 0 Å². The Morgan fingerprint density at radius 1 is 1.07 bits per heavy atom. The summed E-state index contributed by atoms with van der Waals surface area (Å²) in [4.78, 5) is 21.3. The molecule has 0 saturated carbocycles. The fraction of sp³-hybridized carbons (Fsp3) is 0.750. The van der Waals surface area contributed by atoms with Crippen molar-refractivity contribution in [2.75, 3.05) is 13.2 Å². The lowest BCUT2D eigenvalue weighted by atomic mass is 10.3. The Balaban J connectivity index is 0. The SMILES string of the molecule is CC(N)C(=O)OC(=O)C(C)N.OCCO. The van der Waals surface area contributed by atoms with Crippen LogP contribution < -0.4 is 11.5 Å². The molecule has 0 aromatic carbocycles. The summed E-state index contributed by atoms with van der Waals surface area (Å²) in [6.07, 6.45) is 0. The summed E-state index contributed by atoms with van der Waals surface area (Å²) in [5, 5.41) is 15.2. The highest BCUT2D eigenvalue weighted by Crippen LogP contribution is 1.88. The number of hydrogen-bond donors (Lipinski definition) is 4. The van der Waals surface area contributed by atoms with E-state index in [0.717, 1.165) is 0 Å². The Labute approximate surface area is 88.0 Å². The van der Waals surface area contributed by atoms with Gasteiger partial charge in [-0.3, -0.25) is 0 Å². The Bertz CT molecular complexity index is 173. The molecule has 0 radical (unpaired) electrons. The van der Waals surface area contributed by atoms with Crippen molar-refractivity contribution in [2.24, 2.45) is 11.5 Å². The van der Waals surface area contributed by atoms with E-state index in [9.17, 15) is 9.59 Å². The van der Waals surface area contributed by atoms with Crippen LogP contribution in [-0.4, -0.2) is 47.4 Å². The van der Waals surface area contributed by atoms with Gasteiger partial charge in [-0.05, 0) is 13.8 Å². The number of aliphatic hydroxyl groups excluding tert-OH is 2. The molecule has 0 fully saturated rings. The molecule has 6 N–H and O–H groups in total. The highest BCUT2D eigenvalue weighted by Gasteiger charge is 2.16. The Morgan fingerprint density at radius 3 is 1.47 bits per heavy atom. The first-order valence-corrected chi connectivity index (χ1v) is 4.35. The fourth-order valence-corrected chi connectivity index (χ4v) is 0.285. The van der Waals surface area contributed by atoms with Gasteiger partial charge in [0.25, 0.3) is 0 Å². The normalized spacial score (nSPS) is 13.2. The number of carbonyl (C=O) groups excluding carboxylic acids is 2. The van der Waals surface area contributed by atoms with E-state index in [2.05, 4.69) is 4.74 Å². The van der Waals surface area contributed by atoms with Gasteiger partial charge in [-0.25, -0.2) is 9.59 Å². The van der Waals surface area contributed by atoms with Crippen LogP contribution in [-0.2, 0) is 14.3 Å². The second-order valence-electron chi connectivity index (χ2n) is 2.76. The summed E-state index contributed by atoms with van der Waals surface area (Å²) in [6, 6.07) is -1.59. The number of aliphatic hydroxyl groups is 2. The van der Waals surface area contributed by atoms with Gasteiger partial charge < -0.3 is 26.4 Å². The number of ether oxygens (including phenoxy) is 1. The van der Waals surface area contributed by atoms with Gasteiger partial charge in [-0.15, -0.1) is 0 Å². The third kappa shape index (κ3) is 10.9. The molecule has 0 bridgehead atoms. The van der Waals surface area contributed by atoms with Crippen LogP contribution in [0.4, 0.5) is 0 Å². The molecule has 0 heterocycles. The molecule has 0 amide bonds. The molecule has 0 saturated heterocycles. The summed E-state index contributed by atoms with van der Waals surface area (Å²) in [5.41, 5.74) is 10.2. The molecular formula is C8H18N2O5. The monoisotopic (exact) mass is 222 g/mol. The third-order valence-corrected chi connectivity index (χ3v) is 1.04. The number of hydrogen-bond acceptors (Lipinski definition) is 7. The molecule has 2 unspecified atom stereocenters. The maximum Gasteiger partial charge on any atom is 0.330 e. The summed E-state index contributed by atoms with van der Waals surface area (Å²) >= 11 is 0. The van der Waals surface area contributed by atoms with Crippen LogP contribution in [0.5, 0.6) is 0 Å². The van der Waals surface area contributed by atoms with Crippen molar-refractivity contribution >= 4 is 11.9 Å². The van der Waals surface area contributed by atoms with Crippen LogP contribution in [0.1, 0.15) is 13.8 Å². The quantitative estimate of drug-likeness (QED) is 0.312. The molecule has 7 heteroatoms. The number of nitrogens with two attached hydrogens (primary N) is 2. The van der Waals surface area contributed by atoms with Crippen LogP contribution in [0, 0.1) is 0 Å². The maximum atomic E-state index is 10.6. The summed E-state index contributed by atoms with van der Waals surface area (Å²) in [5.74, 6) is -1.51. The van der Waals surface area contributed by atoms with Gasteiger partial charge in [0.1, 0.15) is 12.1 Å². The fourth-order valence-electron chi connectivity index (χ4n) is 0.285. The van der Waals surface area contributed by atoms with Gasteiger partial charge in [-0.2, -0.15) is 0 Å². The number of esters is 2. The summed E-state index contributed by atoms with van der Waals surface area (Å²) < 4.78 is 4.25. The first-order valence-electron chi connectivity index (χ1n) is 4.35. The zero-order valence-corrected chi connectivity index (χ0v) is 8.84. The van der Waals surface area contributed by atoms with Crippen molar-refractivity contribution in [1.29, 1.82) is 0 Å². The van der Waals surface area contributed by atoms with Gasteiger partial charge in [0.2, 0.25) is 0 Å². The van der Waals surface area contributed by atoms with Gasteiger partial charge >= 0.3 is 11.9 Å². The predicted molar refractivity (Wildman–Crippen MR) is 52.6 cm³/mol. The number of carbonyl (C=O) groups is 2. The van der Waals surface area contributed by atoms with Crippen molar-refractivity contribution in [3.63, 3.8) is 0 Å². The van der Waals surface area contributed by atoms with E-state index in [4.69, 9.17) is 21.7 Å². The molecule has 0 aliphatic carbocycles. The third-order valence-electron chi connectivity index (χ3n) is 1.04. The molecule has 90 valence electrons. The highest BCUT2D eigenvalue weighted by atomic mass is 16.6. The van der Waals surface area contributed by atoms with E-state index in [1.807, 2.05) is 0 Å². The lowest BCUT2D eigenvalue weighted by molar-refractivity contribution is -0.161. The molecule has 15 heavy (non-hydrogen) atoms. The van der Waals surface area contributed by atoms with E-state index in [-0.39, 0.29) is 13.2 Å². The zero-order chi connectivity index (χ0) is 12.4. The van der Waals surface area contributed by atoms with E-state index < -0.39 is 24.0 Å². The zero-order valence-electron chi connectivity index (χ0n) is 8.84. The molecule has 0 aromatic heterocycles. The molecule has 0 aromatic rings. The molecule has 7 nitrogen and oxygen atoms in total. The van der Waals surface area contributed by atoms with E-state index in [1.165, 1.54) is 13.8 Å². The van der Waals surface area contributed by atoms with Crippen molar-refractivity contribution in [2.45, 2.75) is 25.9 Å². The highest BCUT2D eigenvalue weighted by molar-refractivity contribution is 5.90. The molecule has 0 aliphatic heterocycles. The van der Waals surface area contributed by atoms with Gasteiger partial charge in [0.15, 0.2) is 0 Å². The average molecular weight is 222 g/mol. The Kier molecular flexibility index (Phi) is 10.4.